The smallest absolute Gasteiger partial charge is 0.0697 e. The molecule has 1 N–H and O–H groups in total. The van der Waals surface area contributed by atoms with Crippen molar-refractivity contribution in [3.8, 4) is 0 Å². The first kappa shape index (κ1) is 14.5. The summed E-state index contributed by atoms with van der Waals surface area (Å²) >= 11 is 0. The second kappa shape index (κ2) is 6.17. The largest absolute Gasteiger partial charge is 0.375 e. The SMILES string of the molecule is C1CNC(CN(CC2CC2)C2CCOC3(CCCC3)C2)C1. The lowest BCUT2D eigenvalue weighted by Gasteiger charge is -2.44. The van der Waals surface area contributed by atoms with Gasteiger partial charge in [-0.3, -0.25) is 4.90 Å². The van der Waals surface area contributed by atoms with E-state index >= 15 is 0 Å². The van der Waals surface area contributed by atoms with Crippen molar-refractivity contribution < 1.29 is 4.74 Å². The molecule has 1 spiro atoms. The average Bonchev–Trinajstić information content (AvgIpc) is 2.97. The Balaban J connectivity index is 1.40. The fourth-order valence-electron chi connectivity index (χ4n) is 4.88. The maximum Gasteiger partial charge on any atom is 0.0697 e. The van der Waals surface area contributed by atoms with E-state index in [0.717, 1.165) is 24.6 Å². The van der Waals surface area contributed by atoms with Crippen molar-refractivity contribution in [1.82, 2.24) is 10.2 Å². The van der Waals surface area contributed by atoms with Crippen LogP contribution in [0.15, 0.2) is 0 Å². The van der Waals surface area contributed by atoms with Gasteiger partial charge in [-0.05, 0) is 63.8 Å². The summed E-state index contributed by atoms with van der Waals surface area (Å²) in [5.74, 6) is 1.01. The summed E-state index contributed by atoms with van der Waals surface area (Å²) in [6.45, 7) is 4.89. The number of ether oxygens (including phenoxy) is 1. The summed E-state index contributed by atoms with van der Waals surface area (Å²) in [4.78, 5) is 2.86. The van der Waals surface area contributed by atoms with Gasteiger partial charge in [-0.2, -0.15) is 0 Å². The van der Waals surface area contributed by atoms with Crippen molar-refractivity contribution in [3.05, 3.63) is 0 Å². The minimum Gasteiger partial charge on any atom is -0.375 e. The molecular weight excluding hydrogens is 260 g/mol. The average molecular weight is 292 g/mol. The molecule has 0 aromatic heterocycles. The fourth-order valence-corrected chi connectivity index (χ4v) is 4.88. The summed E-state index contributed by atoms with van der Waals surface area (Å²) in [7, 11) is 0. The van der Waals surface area contributed by atoms with Gasteiger partial charge < -0.3 is 10.1 Å². The molecule has 0 aromatic carbocycles. The standard InChI is InChI=1S/C18H32N2O/c1-2-9-18(8-1)12-17(7-11-21-18)20(13-15-5-6-15)14-16-4-3-10-19-16/h15-17,19H,1-14H2. The molecule has 2 saturated heterocycles. The molecular formula is C18H32N2O. The van der Waals surface area contributed by atoms with Crippen LogP contribution < -0.4 is 5.32 Å². The second-order valence-corrected chi connectivity index (χ2v) is 8.08. The fraction of sp³-hybridized carbons (Fsp3) is 1.00. The first-order valence-electron chi connectivity index (χ1n) is 9.44. The van der Waals surface area contributed by atoms with Crippen LogP contribution in [-0.4, -0.2) is 48.8 Å². The van der Waals surface area contributed by atoms with Crippen molar-refractivity contribution in [2.45, 2.75) is 81.9 Å². The lowest BCUT2D eigenvalue weighted by atomic mass is 9.87. The summed E-state index contributed by atoms with van der Waals surface area (Å²) < 4.78 is 6.26. The molecule has 4 rings (SSSR count). The van der Waals surface area contributed by atoms with Crippen LogP contribution in [0.5, 0.6) is 0 Å². The molecule has 0 radical (unpaired) electrons. The van der Waals surface area contributed by atoms with Crippen molar-refractivity contribution in [2.24, 2.45) is 5.92 Å². The highest BCUT2D eigenvalue weighted by molar-refractivity contribution is 4.96. The topological polar surface area (TPSA) is 24.5 Å². The molecule has 3 heteroatoms. The molecule has 2 unspecified atom stereocenters. The van der Waals surface area contributed by atoms with Crippen LogP contribution in [-0.2, 0) is 4.74 Å². The van der Waals surface area contributed by atoms with Crippen molar-refractivity contribution in [3.63, 3.8) is 0 Å². The van der Waals surface area contributed by atoms with Gasteiger partial charge in [-0.15, -0.1) is 0 Å². The van der Waals surface area contributed by atoms with Crippen LogP contribution >= 0.6 is 0 Å². The second-order valence-electron chi connectivity index (χ2n) is 8.08. The number of hydrogen-bond donors (Lipinski definition) is 1. The van der Waals surface area contributed by atoms with E-state index in [1.807, 2.05) is 0 Å². The molecule has 2 heterocycles. The first-order chi connectivity index (χ1) is 10.3. The Labute approximate surface area is 129 Å². The van der Waals surface area contributed by atoms with Gasteiger partial charge in [-0.1, -0.05) is 12.8 Å². The zero-order chi connectivity index (χ0) is 14.1. The van der Waals surface area contributed by atoms with E-state index < -0.39 is 0 Å². The highest BCUT2D eigenvalue weighted by Gasteiger charge is 2.42. The molecule has 120 valence electrons. The third-order valence-electron chi connectivity index (χ3n) is 6.31. The third kappa shape index (κ3) is 3.46. The van der Waals surface area contributed by atoms with Gasteiger partial charge in [0.2, 0.25) is 0 Å². The molecule has 0 aromatic rings. The molecule has 4 aliphatic rings. The number of nitrogens with one attached hydrogen (secondary N) is 1. The van der Waals surface area contributed by atoms with Crippen LogP contribution in [0.25, 0.3) is 0 Å². The van der Waals surface area contributed by atoms with Gasteiger partial charge in [-0.25, -0.2) is 0 Å². The minimum atomic E-state index is 0.272. The number of nitrogens with zero attached hydrogens (tertiary/aromatic N) is 1. The molecule has 21 heavy (non-hydrogen) atoms. The van der Waals surface area contributed by atoms with Crippen LogP contribution in [0.2, 0.25) is 0 Å². The molecule has 0 bridgehead atoms. The van der Waals surface area contributed by atoms with Gasteiger partial charge >= 0.3 is 0 Å². The Bertz CT molecular complexity index is 343. The van der Waals surface area contributed by atoms with E-state index in [0.29, 0.717) is 0 Å². The molecule has 2 aliphatic heterocycles. The lowest BCUT2D eigenvalue weighted by Crippen LogP contribution is -2.51. The van der Waals surface area contributed by atoms with E-state index in [4.69, 9.17) is 4.74 Å². The van der Waals surface area contributed by atoms with Crippen molar-refractivity contribution in [2.75, 3.05) is 26.2 Å². The predicted molar refractivity (Wildman–Crippen MR) is 85.5 cm³/mol. The maximum absolute atomic E-state index is 6.26. The Morgan fingerprint density at radius 2 is 1.86 bits per heavy atom. The molecule has 2 aliphatic carbocycles. The Morgan fingerprint density at radius 1 is 1.00 bits per heavy atom. The monoisotopic (exact) mass is 292 g/mol. The van der Waals surface area contributed by atoms with Gasteiger partial charge in [0, 0.05) is 31.8 Å². The van der Waals surface area contributed by atoms with Gasteiger partial charge in [0.05, 0.1) is 5.60 Å². The Hall–Kier alpha value is -0.120. The van der Waals surface area contributed by atoms with Crippen LogP contribution in [0.3, 0.4) is 0 Å². The number of hydrogen-bond acceptors (Lipinski definition) is 3. The predicted octanol–water partition coefficient (Wildman–Crippen LogP) is 2.94. The van der Waals surface area contributed by atoms with Crippen molar-refractivity contribution >= 4 is 0 Å². The molecule has 4 fully saturated rings. The van der Waals surface area contributed by atoms with E-state index in [9.17, 15) is 0 Å². The number of rotatable bonds is 5. The highest BCUT2D eigenvalue weighted by Crippen LogP contribution is 2.42. The summed E-state index contributed by atoms with van der Waals surface area (Å²) in [5, 5.41) is 3.71. The van der Waals surface area contributed by atoms with E-state index in [-0.39, 0.29) is 5.60 Å². The highest BCUT2D eigenvalue weighted by atomic mass is 16.5. The Morgan fingerprint density at radius 3 is 2.57 bits per heavy atom. The first-order valence-corrected chi connectivity index (χ1v) is 9.44. The molecule has 2 saturated carbocycles. The zero-order valence-corrected chi connectivity index (χ0v) is 13.5. The summed E-state index contributed by atoms with van der Waals surface area (Å²) in [5.41, 5.74) is 0.272. The molecule has 0 amide bonds. The van der Waals surface area contributed by atoms with Gasteiger partial charge in [0.1, 0.15) is 0 Å². The summed E-state index contributed by atoms with van der Waals surface area (Å²) in [6, 6.07) is 1.55. The molecule has 2 atom stereocenters. The van der Waals surface area contributed by atoms with Crippen LogP contribution in [0, 0.1) is 5.92 Å². The van der Waals surface area contributed by atoms with E-state index in [1.165, 1.54) is 83.8 Å². The molecule has 3 nitrogen and oxygen atoms in total. The maximum atomic E-state index is 6.26. The zero-order valence-electron chi connectivity index (χ0n) is 13.5. The van der Waals surface area contributed by atoms with Crippen LogP contribution in [0.4, 0.5) is 0 Å². The van der Waals surface area contributed by atoms with E-state index in [1.54, 1.807) is 0 Å². The van der Waals surface area contributed by atoms with Crippen LogP contribution in [0.1, 0.15) is 64.2 Å². The van der Waals surface area contributed by atoms with Gasteiger partial charge in [0.15, 0.2) is 0 Å². The quantitative estimate of drug-likeness (QED) is 0.843. The van der Waals surface area contributed by atoms with Gasteiger partial charge in [0.25, 0.3) is 0 Å². The summed E-state index contributed by atoms with van der Waals surface area (Å²) in [6.07, 6.45) is 13.7. The Kier molecular flexibility index (Phi) is 4.25. The van der Waals surface area contributed by atoms with E-state index in [2.05, 4.69) is 10.2 Å². The third-order valence-corrected chi connectivity index (χ3v) is 6.31. The van der Waals surface area contributed by atoms with Crippen molar-refractivity contribution in [1.29, 1.82) is 0 Å². The minimum absolute atomic E-state index is 0.272. The normalized spacial score (nSPS) is 35.9. The lowest BCUT2D eigenvalue weighted by molar-refractivity contribution is -0.103.